The number of ether oxygens (including phenoxy) is 2. The molecular formula is C44H54O6SSi2. The van der Waals surface area contributed by atoms with Gasteiger partial charge in [0.1, 0.15) is 11.5 Å². The fraction of sp³-hybridized carbons (Fsp3) is 0.409. The highest BCUT2D eigenvalue weighted by Crippen LogP contribution is 2.59. The lowest BCUT2D eigenvalue weighted by Crippen LogP contribution is -2.68. The minimum atomic E-state index is -3.24. The number of benzene rings is 4. The Labute approximate surface area is 322 Å². The van der Waals surface area contributed by atoms with Crippen molar-refractivity contribution in [2.24, 2.45) is 5.92 Å². The highest BCUT2D eigenvalue weighted by molar-refractivity contribution is 8.02. The molecule has 0 unspecified atom stereocenters. The average Bonchev–Trinajstić information content (AvgIpc) is 3.46. The van der Waals surface area contributed by atoms with E-state index in [1.54, 1.807) is 7.11 Å². The minimum Gasteiger partial charge on any atom is -0.542 e. The number of cyclic esters (lactones) is 1. The van der Waals surface area contributed by atoms with Crippen LogP contribution in [0.4, 0.5) is 0 Å². The van der Waals surface area contributed by atoms with E-state index in [0.29, 0.717) is 22.6 Å². The molecule has 0 saturated carbocycles. The molecule has 0 N–H and O–H groups in total. The number of hydrogen-bond donors (Lipinski definition) is 0. The van der Waals surface area contributed by atoms with Crippen LogP contribution in [-0.4, -0.2) is 46.9 Å². The Kier molecular flexibility index (Phi) is 11.0. The summed E-state index contributed by atoms with van der Waals surface area (Å²) in [6.45, 7) is 20.1. The van der Waals surface area contributed by atoms with Gasteiger partial charge < -0.3 is 18.3 Å². The Balaban J connectivity index is 1.70. The topological polar surface area (TPSA) is 71.1 Å². The molecule has 0 spiro atoms. The Hall–Kier alpha value is -3.64. The molecule has 6 nitrogen and oxygen atoms in total. The van der Waals surface area contributed by atoms with Crippen LogP contribution in [-0.2, 0) is 14.0 Å². The van der Waals surface area contributed by atoms with E-state index >= 15 is 4.79 Å². The Morgan fingerprint density at radius 2 is 1.28 bits per heavy atom. The van der Waals surface area contributed by atoms with Gasteiger partial charge >= 0.3 is 5.97 Å². The van der Waals surface area contributed by atoms with Crippen LogP contribution in [0.2, 0.25) is 21.7 Å². The van der Waals surface area contributed by atoms with Crippen molar-refractivity contribution in [3.05, 3.63) is 114 Å². The van der Waals surface area contributed by atoms with Gasteiger partial charge in [0.05, 0.1) is 31.3 Å². The van der Waals surface area contributed by atoms with Gasteiger partial charge in [-0.25, -0.2) is 0 Å². The zero-order valence-corrected chi connectivity index (χ0v) is 35.6. The predicted molar refractivity (Wildman–Crippen MR) is 220 cm³/mol. The van der Waals surface area contributed by atoms with Crippen LogP contribution < -0.4 is 19.5 Å². The number of Topliss-reactive ketones (excluding diaryl/α,β-unsaturated/α-hetero) is 1. The van der Waals surface area contributed by atoms with Crippen molar-refractivity contribution in [2.45, 2.75) is 99.7 Å². The lowest BCUT2D eigenvalue weighted by atomic mass is 9.73. The lowest BCUT2D eigenvalue weighted by Gasteiger charge is -2.49. The van der Waals surface area contributed by atoms with Gasteiger partial charge in [0.25, 0.3) is 16.6 Å². The molecule has 6 rings (SSSR count). The SMILES string of the molecule is COc1cc(O[Si](C(C)C)(C(C)C)C(C)C)c2c(c1)[C@@H](O[Si](c1ccccc1)(c1ccccc1)C(C)(C)C)[C@@H]1COC(=O)[C@]1(Sc1ccccc1)C2=O. The summed E-state index contributed by atoms with van der Waals surface area (Å²) >= 11 is 1.28. The molecule has 2 aliphatic rings. The van der Waals surface area contributed by atoms with Gasteiger partial charge in [-0.2, -0.15) is 0 Å². The van der Waals surface area contributed by atoms with E-state index in [2.05, 4.69) is 111 Å². The first-order valence-electron chi connectivity index (χ1n) is 18.8. The third kappa shape index (κ3) is 6.41. The van der Waals surface area contributed by atoms with Gasteiger partial charge in [0.2, 0.25) is 0 Å². The molecule has 53 heavy (non-hydrogen) atoms. The van der Waals surface area contributed by atoms with Gasteiger partial charge in [0.15, 0.2) is 10.5 Å². The lowest BCUT2D eigenvalue weighted by molar-refractivity contribution is -0.139. The van der Waals surface area contributed by atoms with Crippen LogP contribution in [0, 0.1) is 5.92 Å². The summed E-state index contributed by atoms with van der Waals surface area (Å²) in [5.41, 5.74) is 1.80. The molecule has 9 heteroatoms. The number of hydrogen-bond acceptors (Lipinski definition) is 7. The normalized spacial score (nSPS) is 20.4. The second kappa shape index (κ2) is 14.9. The van der Waals surface area contributed by atoms with E-state index in [1.807, 2.05) is 54.6 Å². The first-order chi connectivity index (χ1) is 25.1. The van der Waals surface area contributed by atoms with Gasteiger partial charge in [-0.3, -0.25) is 9.59 Å². The maximum Gasteiger partial charge on any atom is 0.331 e. The molecule has 1 aliphatic carbocycles. The van der Waals surface area contributed by atoms with Gasteiger partial charge in [-0.05, 0) is 55.8 Å². The van der Waals surface area contributed by atoms with E-state index in [4.69, 9.17) is 18.3 Å². The van der Waals surface area contributed by atoms with Gasteiger partial charge in [-0.15, -0.1) is 0 Å². The highest BCUT2D eigenvalue weighted by atomic mass is 32.2. The Morgan fingerprint density at radius 3 is 1.75 bits per heavy atom. The first kappa shape index (κ1) is 39.1. The number of fused-ring (bicyclic) bond motifs is 2. The number of rotatable bonds is 12. The third-order valence-corrected chi connectivity index (χ3v) is 24.0. The number of thioether (sulfide) groups is 1. The minimum absolute atomic E-state index is 0.0444. The second-order valence-electron chi connectivity index (χ2n) is 16.4. The van der Waals surface area contributed by atoms with Crippen molar-refractivity contribution < 1.29 is 27.9 Å². The Morgan fingerprint density at radius 1 is 0.774 bits per heavy atom. The largest absolute Gasteiger partial charge is 0.542 e. The van der Waals surface area contributed by atoms with Crippen molar-refractivity contribution in [2.75, 3.05) is 13.7 Å². The molecule has 0 amide bonds. The smallest absolute Gasteiger partial charge is 0.331 e. The average molecular weight is 767 g/mol. The van der Waals surface area contributed by atoms with E-state index in [-0.39, 0.29) is 34.1 Å². The molecule has 1 heterocycles. The number of carbonyl (C=O) groups excluding carboxylic acids is 2. The molecule has 1 fully saturated rings. The van der Waals surface area contributed by atoms with Crippen LogP contribution in [0.15, 0.2) is 108 Å². The fourth-order valence-electron chi connectivity index (χ4n) is 9.19. The van der Waals surface area contributed by atoms with E-state index in [9.17, 15) is 4.79 Å². The van der Waals surface area contributed by atoms with Crippen molar-refractivity contribution in [1.29, 1.82) is 0 Å². The summed E-state index contributed by atoms with van der Waals surface area (Å²) in [5, 5.41) is 1.84. The zero-order valence-electron chi connectivity index (χ0n) is 32.8. The number of carbonyl (C=O) groups is 2. The highest BCUT2D eigenvalue weighted by Gasteiger charge is 2.67. The van der Waals surface area contributed by atoms with E-state index in [1.165, 1.54) is 11.8 Å². The number of ketones is 1. The maximum atomic E-state index is 15.6. The van der Waals surface area contributed by atoms with Crippen LogP contribution >= 0.6 is 11.8 Å². The molecule has 0 radical (unpaired) electrons. The van der Waals surface area contributed by atoms with Crippen molar-refractivity contribution >= 4 is 50.5 Å². The fourth-order valence-corrected chi connectivity index (χ4v) is 20.5. The molecule has 0 bridgehead atoms. The molecule has 4 aromatic carbocycles. The summed E-state index contributed by atoms with van der Waals surface area (Å²) in [6, 6.07) is 34.4. The zero-order chi connectivity index (χ0) is 38.3. The molecule has 1 aliphatic heterocycles. The number of esters is 1. The predicted octanol–water partition coefficient (Wildman–Crippen LogP) is 9.77. The van der Waals surface area contributed by atoms with Crippen LogP contribution in [0.5, 0.6) is 11.5 Å². The summed E-state index contributed by atoms with van der Waals surface area (Å²) in [7, 11) is -4.21. The second-order valence-corrected chi connectivity index (χ2v) is 27.3. The summed E-state index contributed by atoms with van der Waals surface area (Å²) in [5.74, 6) is -0.424. The molecule has 0 aromatic heterocycles. The molecule has 4 aromatic rings. The summed E-state index contributed by atoms with van der Waals surface area (Å²) in [4.78, 5) is 30.9. The summed E-state index contributed by atoms with van der Waals surface area (Å²) in [6.07, 6.45) is -0.720. The maximum absolute atomic E-state index is 15.6. The quantitative estimate of drug-likeness (QED) is 0.0808. The first-order valence-corrected chi connectivity index (χ1v) is 23.7. The Bertz CT molecular complexity index is 1860. The molecule has 1 saturated heterocycles. The van der Waals surface area contributed by atoms with Crippen LogP contribution in [0.3, 0.4) is 0 Å². The van der Waals surface area contributed by atoms with Gasteiger partial charge in [-0.1, -0.05) is 153 Å². The van der Waals surface area contributed by atoms with Crippen molar-refractivity contribution in [3.63, 3.8) is 0 Å². The van der Waals surface area contributed by atoms with Gasteiger partial charge in [0, 0.05) is 11.0 Å². The molecule has 3 atom stereocenters. The molecular weight excluding hydrogens is 713 g/mol. The summed E-state index contributed by atoms with van der Waals surface area (Å²) < 4.78 is 25.8. The standard InChI is InChI=1S/C44H54O6SSi2/c1-29(2)52(30(3)4,31(5)6)49-38-27-32(47-10)26-36-39(38)41(45)44(51-33-20-14-11-15-21-33)37(28-48-42(44)46)40(36)50-53(43(7,8)9,34-22-16-12-17-23-34)35-24-18-13-19-25-35/h11-27,29-31,37,40H,28H2,1-10H3/t37-,40+,44+/m0/s1. The van der Waals surface area contributed by atoms with E-state index in [0.717, 1.165) is 15.3 Å². The van der Waals surface area contributed by atoms with Crippen LogP contribution in [0.25, 0.3) is 0 Å². The van der Waals surface area contributed by atoms with Crippen molar-refractivity contribution in [1.82, 2.24) is 0 Å². The van der Waals surface area contributed by atoms with E-state index < -0.39 is 39.4 Å². The third-order valence-electron chi connectivity index (χ3n) is 11.5. The molecule has 280 valence electrons. The van der Waals surface area contributed by atoms with Crippen molar-refractivity contribution in [3.8, 4) is 11.5 Å². The van der Waals surface area contributed by atoms with Crippen LogP contribution in [0.1, 0.15) is 84.3 Å². The number of methoxy groups -OCH3 is 1. The monoisotopic (exact) mass is 766 g/mol.